The summed E-state index contributed by atoms with van der Waals surface area (Å²) in [4.78, 5) is 8.50. The fraction of sp³-hybridized carbons (Fsp3) is 0.167. The van der Waals surface area contributed by atoms with Gasteiger partial charge in [0.1, 0.15) is 11.6 Å². The fourth-order valence-corrected chi connectivity index (χ4v) is 1.46. The maximum atomic E-state index is 8.75. The molecule has 0 aliphatic heterocycles. The number of anilines is 2. The number of benzene rings is 1. The third kappa shape index (κ3) is 2.92. The standard InChI is InChI=1S/C12H14N4O/c13-10-8-11(14-6-7-17)16-12(15-10)9-4-2-1-3-5-9/h1-5,8,17H,6-7H2,(H3,13,14,15,16). The number of rotatable bonds is 4. The van der Waals surface area contributed by atoms with Crippen LogP contribution in [-0.4, -0.2) is 28.2 Å². The predicted octanol–water partition coefficient (Wildman–Crippen LogP) is 1.13. The van der Waals surface area contributed by atoms with Crippen LogP contribution in [0.5, 0.6) is 0 Å². The summed E-state index contributed by atoms with van der Waals surface area (Å²) < 4.78 is 0. The zero-order valence-corrected chi connectivity index (χ0v) is 9.30. The van der Waals surface area contributed by atoms with E-state index in [1.54, 1.807) is 6.07 Å². The van der Waals surface area contributed by atoms with Gasteiger partial charge in [-0.25, -0.2) is 9.97 Å². The van der Waals surface area contributed by atoms with Crippen LogP contribution < -0.4 is 11.1 Å². The van der Waals surface area contributed by atoms with E-state index in [-0.39, 0.29) is 6.61 Å². The van der Waals surface area contributed by atoms with Gasteiger partial charge in [0, 0.05) is 18.2 Å². The molecule has 88 valence electrons. The van der Waals surface area contributed by atoms with E-state index in [9.17, 15) is 0 Å². The molecule has 4 N–H and O–H groups in total. The van der Waals surface area contributed by atoms with E-state index < -0.39 is 0 Å². The Morgan fingerprint density at radius 1 is 1.18 bits per heavy atom. The molecule has 0 atom stereocenters. The molecule has 1 heterocycles. The Morgan fingerprint density at radius 3 is 2.65 bits per heavy atom. The minimum atomic E-state index is 0.0462. The van der Waals surface area contributed by atoms with E-state index in [1.165, 1.54) is 0 Å². The molecule has 1 aromatic carbocycles. The van der Waals surface area contributed by atoms with Crippen molar-refractivity contribution in [2.24, 2.45) is 0 Å². The Bertz CT molecular complexity index is 487. The van der Waals surface area contributed by atoms with Gasteiger partial charge in [0.2, 0.25) is 0 Å². The first kappa shape index (κ1) is 11.3. The van der Waals surface area contributed by atoms with E-state index >= 15 is 0 Å². The smallest absolute Gasteiger partial charge is 0.163 e. The number of nitrogen functional groups attached to an aromatic ring is 1. The van der Waals surface area contributed by atoms with E-state index in [2.05, 4.69) is 15.3 Å². The molecule has 5 heteroatoms. The Kier molecular flexibility index (Phi) is 3.52. The maximum absolute atomic E-state index is 8.75. The molecule has 0 spiro atoms. The largest absolute Gasteiger partial charge is 0.395 e. The van der Waals surface area contributed by atoms with Gasteiger partial charge in [0.15, 0.2) is 5.82 Å². The molecule has 0 radical (unpaired) electrons. The maximum Gasteiger partial charge on any atom is 0.163 e. The van der Waals surface area contributed by atoms with Gasteiger partial charge >= 0.3 is 0 Å². The van der Waals surface area contributed by atoms with Crippen molar-refractivity contribution >= 4 is 11.6 Å². The average Bonchev–Trinajstić information content (AvgIpc) is 2.37. The lowest BCUT2D eigenvalue weighted by Gasteiger charge is -2.07. The lowest BCUT2D eigenvalue weighted by atomic mass is 10.2. The molecular formula is C12H14N4O. The third-order valence-corrected chi connectivity index (χ3v) is 2.20. The van der Waals surface area contributed by atoms with Gasteiger partial charge in [-0.2, -0.15) is 0 Å². The summed E-state index contributed by atoms with van der Waals surface area (Å²) in [5.41, 5.74) is 6.62. The van der Waals surface area contributed by atoms with Gasteiger partial charge in [-0.3, -0.25) is 0 Å². The van der Waals surface area contributed by atoms with Crippen LogP contribution >= 0.6 is 0 Å². The summed E-state index contributed by atoms with van der Waals surface area (Å²) in [6.45, 7) is 0.481. The van der Waals surface area contributed by atoms with Crippen molar-refractivity contribution < 1.29 is 5.11 Å². The first-order valence-electron chi connectivity index (χ1n) is 5.34. The van der Waals surface area contributed by atoms with Crippen molar-refractivity contribution in [3.05, 3.63) is 36.4 Å². The molecule has 0 amide bonds. The molecule has 0 bridgehead atoms. The Morgan fingerprint density at radius 2 is 1.94 bits per heavy atom. The summed E-state index contributed by atoms with van der Waals surface area (Å²) in [6.07, 6.45) is 0. The molecule has 0 unspecified atom stereocenters. The monoisotopic (exact) mass is 230 g/mol. The molecule has 0 fully saturated rings. The summed E-state index contributed by atoms with van der Waals surface area (Å²) in [7, 11) is 0. The molecule has 0 aliphatic carbocycles. The highest BCUT2D eigenvalue weighted by Crippen LogP contribution is 2.18. The van der Waals surface area contributed by atoms with Crippen LogP contribution in [0.3, 0.4) is 0 Å². The van der Waals surface area contributed by atoms with Crippen LogP contribution in [0.4, 0.5) is 11.6 Å². The number of hydrogen-bond donors (Lipinski definition) is 3. The van der Waals surface area contributed by atoms with Crippen LogP contribution in [-0.2, 0) is 0 Å². The van der Waals surface area contributed by atoms with Gasteiger partial charge in [0.25, 0.3) is 0 Å². The molecule has 0 aliphatic rings. The van der Waals surface area contributed by atoms with Gasteiger partial charge in [-0.15, -0.1) is 0 Å². The van der Waals surface area contributed by atoms with E-state index in [4.69, 9.17) is 10.8 Å². The summed E-state index contributed by atoms with van der Waals surface area (Å²) in [5.74, 6) is 1.59. The van der Waals surface area contributed by atoms with Crippen molar-refractivity contribution in [3.8, 4) is 11.4 Å². The van der Waals surface area contributed by atoms with Crippen molar-refractivity contribution in [1.29, 1.82) is 0 Å². The van der Waals surface area contributed by atoms with Crippen LogP contribution in [0.2, 0.25) is 0 Å². The van der Waals surface area contributed by atoms with Crippen LogP contribution in [0.15, 0.2) is 36.4 Å². The number of nitrogens with two attached hydrogens (primary N) is 1. The van der Waals surface area contributed by atoms with E-state index in [0.717, 1.165) is 5.56 Å². The van der Waals surface area contributed by atoms with Gasteiger partial charge < -0.3 is 16.2 Å². The third-order valence-electron chi connectivity index (χ3n) is 2.20. The molecule has 0 saturated heterocycles. The Hall–Kier alpha value is -2.14. The van der Waals surface area contributed by atoms with Crippen molar-refractivity contribution in [2.45, 2.75) is 0 Å². The fourth-order valence-electron chi connectivity index (χ4n) is 1.46. The highest BCUT2D eigenvalue weighted by Gasteiger charge is 2.04. The van der Waals surface area contributed by atoms with Crippen molar-refractivity contribution in [2.75, 3.05) is 24.2 Å². The normalized spacial score (nSPS) is 10.2. The Balaban J connectivity index is 2.32. The number of nitrogens with one attached hydrogen (secondary N) is 1. The summed E-state index contributed by atoms with van der Waals surface area (Å²) >= 11 is 0. The predicted molar refractivity (Wildman–Crippen MR) is 67.5 cm³/mol. The molecule has 1 aromatic heterocycles. The number of aliphatic hydroxyl groups is 1. The number of hydrogen-bond acceptors (Lipinski definition) is 5. The zero-order valence-electron chi connectivity index (χ0n) is 9.30. The van der Waals surface area contributed by atoms with E-state index in [1.807, 2.05) is 30.3 Å². The SMILES string of the molecule is Nc1cc(NCCO)nc(-c2ccccc2)n1. The summed E-state index contributed by atoms with van der Waals surface area (Å²) in [6, 6.07) is 11.3. The summed E-state index contributed by atoms with van der Waals surface area (Å²) in [5, 5.41) is 11.7. The van der Waals surface area contributed by atoms with E-state index in [0.29, 0.717) is 24.0 Å². The lowest BCUT2D eigenvalue weighted by molar-refractivity contribution is 0.311. The molecule has 2 aromatic rings. The van der Waals surface area contributed by atoms with Crippen LogP contribution in [0.1, 0.15) is 0 Å². The molecule has 0 saturated carbocycles. The highest BCUT2D eigenvalue weighted by atomic mass is 16.3. The minimum absolute atomic E-state index is 0.0462. The molecular weight excluding hydrogens is 216 g/mol. The second-order valence-corrected chi connectivity index (χ2v) is 3.52. The van der Waals surface area contributed by atoms with Crippen LogP contribution in [0.25, 0.3) is 11.4 Å². The lowest BCUT2D eigenvalue weighted by Crippen LogP contribution is -2.08. The second kappa shape index (κ2) is 5.27. The quantitative estimate of drug-likeness (QED) is 0.733. The van der Waals surface area contributed by atoms with Crippen molar-refractivity contribution in [1.82, 2.24) is 9.97 Å². The first-order valence-corrected chi connectivity index (χ1v) is 5.34. The average molecular weight is 230 g/mol. The van der Waals surface area contributed by atoms with Crippen LogP contribution in [0, 0.1) is 0 Å². The van der Waals surface area contributed by atoms with Crippen molar-refractivity contribution in [3.63, 3.8) is 0 Å². The first-order chi connectivity index (χ1) is 8.29. The second-order valence-electron chi connectivity index (χ2n) is 3.52. The topological polar surface area (TPSA) is 84.1 Å². The number of nitrogens with zero attached hydrogens (tertiary/aromatic N) is 2. The zero-order chi connectivity index (χ0) is 12.1. The van der Waals surface area contributed by atoms with Gasteiger partial charge in [-0.05, 0) is 0 Å². The number of aliphatic hydroxyl groups excluding tert-OH is 1. The molecule has 5 nitrogen and oxygen atoms in total. The molecule has 17 heavy (non-hydrogen) atoms. The highest BCUT2D eigenvalue weighted by molar-refractivity contribution is 5.60. The van der Waals surface area contributed by atoms with Gasteiger partial charge in [0.05, 0.1) is 6.61 Å². The minimum Gasteiger partial charge on any atom is -0.395 e. The Labute approximate surface area is 99.3 Å². The number of aromatic nitrogens is 2. The van der Waals surface area contributed by atoms with Gasteiger partial charge in [-0.1, -0.05) is 30.3 Å². The molecule has 2 rings (SSSR count).